The topological polar surface area (TPSA) is 36.4 Å². The van der Waals surface area contributed by atoms with Crippen molar-refractivity contribution in [1.82, 2.24) is 9.88 Å². The van der Waals surface area contributed by atoms with Crippen LogP contribution in [0, 0.1) is 0 Å². The van der Waals surface area contributed by atoms with Gasteiger partial charge in [-0.25, -0.2) is 4.98 Å². The van der Waals surface area contributed by atoms with Gasteiger partial charge in [0.2, 0.25) is 0 Å². The molecule has 0 radical (unpaired) electrons. The molecule has 1 aromatic rings. The summed E-state index contributed by atoms with van der Waals surface area (Å²) in [5.74, 6) is 0. The minimum Gasteiger partial charge on any atom is -0.395 e. The molecule has 0 bridgehead atoms. The third-order valence-electron chi connectivity index (χ3n) is 2.24. The van der Waals surface area contributed by atoms with Gasteiger partial charge in [-0.15, -0.1) is 11.3 Å². The van der Waals surface area contributed by atoms with Crippen molar-refractivity contribution in [3.63, 3.8) is 0 Å². The van der Waals surface area contributed by atoms with Crippen molar-refractivity contribution < 1.29 is 5.11 Å². The fraction of sp³-hybridized carbons (Fsp3) is 0.727. The van der Waals surface area contributed by atoms with E-state index >= 15 is 0 Å². The summed E-state index contributed by atoms with van der Waals surface area (Å²) in [4.78, 5) is 7.91. The SMILES string of the molecule is CCCN(CCO)Cc1cnc(CC)s1. The maximum absolute atomic E-state index is 8.94. The van der Waals surface area contributed by atoms with Gasteiger partial charge in [-0.05, 0) is 19.4 Å². The molecule has 0 saturated heterocycles. The smallest absolute Gasteiger partial charge is 0.0925 e. The van der Waals surface area contributed by atoms with Crippen LogP contribution >= 0.6 is 11.3 Å². The number of hydrogen-bond acceptors (Lipinski definition) is 4. The van der Waals surface area contributed by atoms with Crippen LogP contribution in [-0.2, 0) is 13.0 Å². The van der Waals surface area contributed by atoms with Gasteiger partial charge in [-0.1, -0.05) is 13.8 Å². The largest absolute Gasteiger partial charge is 0.395 e. The van der Waals surface area contributed by atoms with Crippen molar-refractivity contribution in [1.29, 1.82) is 0 Å². The molecule has 0 aliphatic carbocycles. The van der Waals surface area contributed by atoms with E-state index in [-0.39, 0.29) is 6.61 Å². The lowest BCUT2D eigenvalue weighted by molar-refractivity contribution is 0.191. The summed E-state index contributed by atoms with van der Waals surface area (Å²) in [6, 6.07) is 0. The van der Waals surface area contributed by atoms with Crippen LogP contribution in [0.5, 0.6) is 0 Å². The quantitative estimate of drug-likeness (QED) is 0.774. The Morgan fingerprint density at radius 3 is 2.73 bits per heavy atom. The number of aromatic nitrogens is 1. The highest BCUT2D eigenvalue weighted by Crippen LogP contribution is 2.15. The second-order valence-corrected chi connectivity index (χ2v) is 4.77. The van der Waals surface area contributed by atoms with Crippen LogP contribution in [0.2, 0.25) is 0 Å². The molecule has 0 unspecified atom stereocenters. The summed E-state index contributed by atoms with van der Waals surface area (Å²) < 4.78 is 0. The number of hydrogen-bond donors (Lipinski definition) is 1. The van der Waals surface area contributed by atoms with Crippen LogP contribution < -0.4 is 0 Å². The molecule has 0 aliphatic heterocycles. The Hall–Kier alpha value is -0.450. The maximum atomic E-state index is 8.94. The van der Waals surface area contributed by atoms with Gasteiger partial charge in [0.25, 0.3) is 0 Å². The Labute approximate surface area is 95.8 Å². The molecule has 15 heavy (non-hydrogen) atoms. The molecule has 0 aromatic carbocycles. The molecular weight excluding hydrogens is 208 g/mol. The van der Waals surface area contributed by atoms with E-state index in [1.807, 2.05) is 6.20 Å². The van der Waals surface area contributed by atoms with Gasteiger partial charge in [0.15, 0.2) is 0 Å². The summed E-state index contributed by atoms with van der Waals surface area (Å²) in [5.41, 5.74) is 0. The Balaban J connectivity index is 2.48. The van der Waals surface area contributed by atoms with Crippen LogP contribution in [0.25, 0.3) is 0 Å². The Kier molecular flexibility index (Phi) is 5.83. The highest BCUT2D eigenvalue weighted by atomic mass is 32.1. The van der Waals surface area contributed by atoms with Gasteiger partial charge in [-0.3, -0.25) is 4.90 Å². The molecular formula is C11H20N2OS. The summed E-state index contributed by atoms with van der Waals surface area (Å²) in [7, 11) is 0. The second-order valence-electron chi connectivity index (χ2n) is 3.57. The Morgan fingerprint density at radius 1 is 1.40 bits per heavy atom. The van der Waals surface area contributed by atoms with E-state index in [9.17, 15) is 0 Å². The van der Waals surface area contributed by atoms with E-state index in [0.29, 0.717) is 0 Å². The molecule has 0 atom stereocenters. The monoisotopic (exact) mass is 228 g/mol. The summed E-state index contributed by atoms with van der Waals surface area (Å²) in [5, 5.41) is 10.1. The average Bonchev–Trinajstić information content (AvgIpc) is 2.66. The molecule has 0 aliphatic rings. The molecule has 1 aromatic heterocycles. The summed E-state index contributed by atoms with van der Waals surface area (Å²) in [6.07, 6.45) is 4.10. The van der Waals surface area contributed by atoms with Crippen molar-refractivity contribution in [3.8, 4) is 0 Å². The predicted molar refractivity (Wildman–Crippen MR) is 64.1 cm³/mol. The fourth-order valence-electron chi connectivity index (χ4n) is 1.53. The lowest BCUT2D eigenvalue weighted by atomic mass is 10.4. The van der Waals surface area contributed by atoms with Crippen molar-refractivity contribution in [3.05, 3.63) is 16.1 Å². The van der Waals surface area contributed by atoms with Gasteiger partial charge in [0, 0.05) is 24.2 Å². The molecule has 0 spiro atoms. The first kappa shape index (κ1) is 12.6. The lowest BCUT2D eigenvalue weighted by Gasteiger charge is -2.19. The number of aryl methyl sites for hydroxylation is 1. The zero-order valence-corrected chi connectivity index (χ0v) is 10.4. The van der Waals surface area contributed by atoms with Gasteiger partial charge in [0.1, 0.15) is 0 Å². The number of nitrogens with zero attached hydrogens (tertiary/aromatic N) is 2. The Bertz CT molecular complexity index is 269. The molecule has 86 valence electrons. The van der Waals surface area contributed by atoms with Crippen LogP contribution in [-0.4, -0.2) is 34.7 Å². The van der Waals surface area contributed by atoms with Gasteiger partial charge in [-0.2, -0.15) is 0 Å². The summed E-state index contributed by atoms with van der Waals surface area (Å²) >= 11 is 1.78. The average molecular weight is 228 g/mol. The van der Waals surface area contributed by atoms with E-state index < -0.39 is 0 Å². The summed E-state index contributed by atoms with van der Waals surface area (Å²) in [6.45, 7) is 7.24. The molecule has 0 fully saturated rings. The van der Waals surface area contributed by atoms with Gasteiger partial charge < -0.3 is 5.11 Å². The first-order valence-electron chi connectivity index (χ1n) is 5.56. The molecule has 1 rings (SSSR count). The molecule has 0 saturated carbocycles. The first-order chi connectivity index (χ1) is 7.30. The minimum absolute atomic E-state index is 0.236. The van der Waals surface area contributed by atoms with E-state index in [0.717, 1.165) is 32.5 Å². The third kappa shape index (κ3) is 4.28. The van der Waals surface area contributed by atoms with Crippen molar-refractivity contribution in [2.45, 2.75) is 33.2 Å². The number of rotatable bonds is 7. The normalized spacial score (nSPS) is 11.2. The van der Waals surface area contributed by atoms with E-state index in [4.69, 9.17) is 5.11 Å². The maximum Gasteiger partial charge on any atom is 0.0925 e. The fourth-order valence-corrected chi connectivity index (χ4v) is 2.44. The van der Waals surface area contributed by atoms with Crippen molar-refractivity contribution in [2.75, 3.05) is 19.7 Å². The lowest BCUT2D eigenvalue weighted by Crippen LogP contribution is -2.26. The third-order valence-corrected chi connectivity index (χ3v) is 3.37. The zero-order valence-electron chi connectivity index (χ0n) is 9.57. The zero-order chi connectivity index (χ0) is 11.1. The van der Waals surface area contributed by atoms with E-state index in [1.54, 1.807) is 11.3 Å². The van der Waals surface area contributed by atoms with E-state index in [2.05, 4.69) is 23.7 Å². The molecule has 4 heteroatoms. The standard InChI is InChI=1S/C11H20N2OS/c1-3-5-13(6-7-14)9-10-8-12-11(4-2)15-10/h8,14H,3-7,9H2,1-2H3. The van der Waals surface area contributed by atoms with Crippen LogP contribution in [0.3, 0.4) is 0 Å². The number of aliphatic hydroxyl groups excluding tert-OH is 1. The van der Waals surface area contributed by atoms with E-state index in [1.165, 1.54) is 9.88 Å². The van der Waals surface area contributed by atoms with Crippen LogP contribution in [0.4, 0.5) is 0 Å². The van der Waals surface area contributed by atoms with Crippen LogP contribution in [0.15, 0.2) is 6.20 Å². The van der Waals surface area contributed by atoms with Crippen LogP contribution in [0.1, 0.15) is 30.2 Å². The van der Waals surface area contributed by atoms with Gasteiger partial charge >= 0.3 is 0 Å². The van der Waals surface area contributed by atoms with Crippen molar-refractivity contribution >= 4 is 11.3 Å². The Morgan fingerprint density at radius 2 is 2.20 bits per heavy atom. The minimum atomic E-state index is 0.236. The van der Waals surface area contributed by atoms with Crippen molar-refractivity contribution in [2.24, 2.45) is 0 Å². The van der Waals surface area contributed by atoms with Gasteiger partial charge in [0.05, 0.1) is 11.6 Å². The molecule has 1 N–H and O–H groups in total. The number of thiazole rings is 1. The molecule has 3 nitrogen and oxygen atoms in total. The predicted octanol–water partition coefficient (Wildman–Crippen LogP) is 1.91. The second kappa shape index (κ2) is 6.93. The first-order valence-corrected chi connectivity index (χ1v) is 6.38. The number of aliphatic hydroxyl groups is 1. The molecule has 1 heterocycles. The highest BCUT2D eigenvalue weighted by molar-refractivity contribution is 7.11. The highest BCUT2D eigenvalue weighted by Gasteiger charge is 2.06. The molecule has 0 amide bonds.